The van der Waals surface area contributed by atoms with Crippen LogP contribution in [0.1, 0.15) is 12.8 Å². The highest BCUT2D eigenvalue weighted by Crippen LogP contribution is 2.20. The summed E-state index contributed by atoms with van der Waals surface area (Å²) in [6, 6.07) is 8.52. The molecule has 0 amide bonds. The molecule has 1 aliphatic heterocycles. The number of rotatable bonds is 2. The summed E-state index contributed by atoms with van der Waals surface area (Å²) in [5, 5.41) is 3.48. The fraction of sp³-hybridized carbons (Fsp3) is 0.385. The van der Waals surface area contributed by atoms with Crippen molar-refractivity contribution in [3.63, 3.8) is 0 Å². The highest BCUT2D eigenvalue weighted by molar-refractivity contribution is 7.99. The van der Waals surface area contributed by atoms with E-state index in [1.807, 2.05) is 42.2 Å². The highest BCUT2D eigenvalue weighted by Gasteiger charge is 2.13. The van der Waals surface area contributed by atoms with Gasteiger partial charge in [0, 0.05) is 11.8 Å². The topological polar surface area (TPSA) is 37.8 Å². The Morgan fingerprint density at radius 1 is 1.24 bits per heavy atom. The van der Waals surface area contributed by atoms with Gasteiger partial charge in [0.25, 0.3) is 0 Å². The van der Waals surface area contributed by atoms with Crippen molar-refractivity contribution in [2.24, 2.45) is 0 Å². The van der Waals surface area contributed by atoms with E-state index in [1.54, 1.807) is 0 Å². The Kier molecular flexibility index (Phi) is 3.14. The number of hydrogen-bond acceptors (Lipinski definition) is 4. The molecule has 2 aromatic rings. The maximum atomic E-state index is 4.59. The van der Waals surface area contributed by atoms with Crippen molar-refractivity contribution >= 4 is 28.6 Å². The van der Waals surface area contributed by atoms with E-state index in [0.29, 0.717) is 6.04 Å². The summed E-state index contributed by atoms with van der Waals surface area (Å²) in [5.41, 5.74) is 1.91. The van der Waals surface area contributed by atoms with Gasteiger partial charge in [-0.3, -0.25) is 4.98 Å². The summed E-state index contributed by atoms with van der Waals surface area (Å²) in [6.07, 6.45) is 4.37. The van der Waals surface area contributed by atoms with E-state index in [9.17, 15) is 0 Å². The predicted octanol–water partition coefficient (Wildman–Crippen LogP) is 2.94. The second kappa shape index (κ2) is 4.92. The second-order valence-electron chi connectivity index (χ2n) is 4.30. The zero-order valence-electron chi connectivity index (χ0n) is 9.60. The molecule has 2 heterocycles. The van der Waals surface area contributed by atoms with Crippen LogP contribution in [0.25, 0.3) is 11.0 Å². The molecule has 3 rings (SSSR count). The summed E-state index contributed by atoms with van der Waals surface area (Å²) in [7, 11) is 0. The van der Waals surface area contributed by atoms with Gasteiger partial charge in [0.15, 0.2) is 0 Å². The van der Waals surface area contributed by atoms with Gasteiger partial charge in [-0.25, -0.2) is 4.98 Å². The standard InChI is InChI=1S/C13H15N3S/c1-2-6-12-11(5-1)14-8-13(16-12)15-10-4-3-7-17-9-10/h1-2,5-6,8,10H,3-4,7,9H2,(H,15,16). The minimum Gasteiger partial charge on any atom is -0.365 e. The lowest BCUT2D eigenvalue weighted by Crippen LogP contribution is -2.26. The molecule has 1 saturated heterocycles. The fourth-order valence-corrected chi connectivity index (χ4v) is 3.16. The minimum atomic E-state index is 0.546. The molecule has 4 heteroatoms. The maximum absolute atomic E-state index is 4.59. The molecule has 0 radical (unpaired) electrons. The van der Waals surface area contributed by atoms with E-state index >= 15 is 0 Å². The first-order chi connectivity index (χ1) is 8.42. The third-order valence-electron chi connectivity index (χ3n) is 2.96. The average Bonchev–Trinajstić information content (AvgIpc) is 2.40. The van der Waals surface area contributed by atoms with E-state index in [-0.39, 0.29) is 0 Å². The Bertz CT molecular complexity index is 509. The SMILES string of the molecule is c1ccc2nc(NC3CCCSC3)cnc2c1. The summed E-state index contributed by atoms with van der Waals surface area (Å²) >= 11 is 2.02. The number of thioether (sulfide) groups is 1. The first kappa shape index (κ1) is 10.8. The molecule has 17 heavy (non-hydrogen) atoms. The van der Waals surface area contributed by atoms with Crippen LogP contribution in [0.2, 0.25) is 0 Å². The molecule has 1 fully saturated rings. The molecule has 1 aromatic heterocycles. The summed E-state index contributed by atoms with van der Waals surface area (Å²) < 4.78 is 0. The number of nitrogens with zero attached hydrogens (tertiary/aromatic N) is 2. The van der Waals surface area contributed by atoms with E-state index in [1.165, 1.54) is 24.3 Å². The number of hydrogen-bond donors (Lipinski definition) is 1. The van der Waals surface area contributed by atoms with Crippen LogP contribution >= 0.6 is 11.8 Å². The predicted molar refractivity (Wildman–Crippen MR) is 73.5 cm³/mol. The summed E-state index contributed by atoms with van der Waals surface area (Å²) in [6.45, 7) is 0. The van der Waals surface area contributed by atoms with Gasteiger partial charge in [-0.15, -0.1) is 0 Å². The lowest BCUT2D eigenvalue weighted by Gasteiger charge is -2.22. The van der Waals surface area contributed by atoms with Crippen molar-refractivity contribution < 1.29 is 0 Å². The van der Waals surface area contributed by atoms with Gasteiger partial charge in [0.05, 0.1) is 17.2 Å². The van der Waals surface area contributed by atoms with Crippen molar-refractivity contribution in [2.45, 2.75) is 18.9 Å². The van der Waals surface area contributed by atoms with Gasteiger partial charge in [-0.1, -0.05) is 12.1 Å². The van der Waals surface area contributed by atoms with Gasteiger partial charge >= 0.3 is 0 Å². The van der Waals surface area contributed by atoms with Gasteiger partial charge < -0.3 is 5.32 Å². The number of aromatic nitrogens is 2. The molecular formula is C13H15N3S. The van der Waals surface area contributed by atoms with Crippen molar-refractivity contribution in [3.05, 3.63) is 30.5 Å². The van der Waals surface area contributed by atoms with Crippen molar-refractivity contribution in [1.29, 1.82) is 0 Å². The van der Waals surface area contributed by atoms with Crippen LogP contribution in [0.4, 0.5) is 5.82 Å². The fourth-order valence-electron chi connectivity index (χ4n) is 2.09. The molecule has 0 aliphatic carbocycles. The molecule has 3 nitrogen and oxygen atoms in total. The monoisotopic (exact) mass is 245 g/mol. The van der Waals surface area contributed by atoms with Crippen molar-refractivity contribution in [2.75, 3.05) is 16.8 Å². The molecular weight excluding hydrogens is 230 g/mol. The number of nitrogens with one attached hydrogen (secondary N) is 1. The van der Waals surface area contributed by atoms with Crippen LogP contribution in [0.15, 0.2) is 30.5 Å². The Labute approximate surface area is 105 Å². The lowest BCUT2D eigenvalue weighted by molar-refractivity contribution is 0.682. The summed E-state index contributed by atoms with van der Waals surface area (Å²) in [5.74, 6) is 3.37. The van der Waals surface area contributed by atoms with Gasteiger partial charge in [0.1, 0.15) is 5.82 Å². The normalized spacial score (nSPS) is 20.4. The maximum Gasteiger partial charge on any atom is 0.145 e. The molecule has 0 saturated carbocycles. The van der Waals surface area contributed by atoms with Crippen LogP contribution in [-0.4, -0.2) is 27.5 Å². The first-order valence-electron chi connectivity index (χ1n) is 5.98. The van der Waals surface area contributed by atoms with E-state index in [2.05, 4.69) is 15.3 Å². The molecule has 1 N–H and O–H groups in total. The summed E-state index contributed by atoms with van der Waals surface area (Å²) in [4.78, 5) is 9.00. The van der Waals surface area contributed by atoms with E-state index in [0.717, 1.165) is 16.9 Å². The van der Waals surface area contributed by atoms with Crippen LogP contribution in [-0.2, 0) is 0 Å². The average molecular weight is 245 g/mol. The Balaban J connectivity index is 1.80. The van der Waals surface area contributed by atoms with Crippen LogP contribution in [0, 0.1) is 0 Å². The van der Waals surface area contributed by atoms with Crippen LogP contribution in [0.5, 0.6) is 0 Å². The first-order valence-corrected chi connectivity index (χ1v) is 7.13. The number of anilines is 1. The molecule has 1 unspecified atom stereocenters. The van der Waals surface area contributed by atoms with E-state index < -0.39 is 0 Å². The van der Waals surface area contributed by atoms with Gasteiger partial charge in [-0.2, -0.15) is 11.8 Å². The second-order valence-corrected chi connectivity index (χ2v) is 5.45. The zero-order valence-corrected chi connectivity index (χ0v) is 10.4. The molecule has 1 atom stereocenters. The molecule has 88 valence electrons. The number of fused-ring (bicyclic) bond motifs is 1. The number of para-hydroxylation sites is 2. The Morgan fingerprint density at radius 3 is 2.94 bits per heavy atom. The molecule has 0 bridgehead atoms. The van der Waals surface area contributed by atoms with Crippen molar-refractivity contribution in [3.8, 4) is 0 Å². The quantitative estimate of drug-likeness (QED) is 0.882. The molecule has 1 aromatic carbocycles. The largest absolute Gasteiger partial charge is 0.365 e. The highest BCUT2D eigenvalue weighted by atomic mass is 32.2. The lowest BCUT2D eigenvalue weighted by atomic mass is 10.2. The molecule has 0 spiro atoms. The number of benzene rings is 1. The van der Waals surface area contributed by atoms with Crippen LogP contribution < -0.4 is 5.32 Å². The smallest absolute Gasteiger partial charge is 0.145 e. The third kappa shape index (κ3) is 2.52. The van der Waals surface area contributed by atoms with Crippen LogP contribution in [0.3, 0.4) is 0 Å². The van der Waals surface area contributed by atoms with Gasteiger partial charge in [0.2, 0.25) is 0 Å². The minimum absolute atomic E-state index is 0.546. The Morgan fingerprint density at radius 2 is 2.12 bits per heavy atom. The van der Waals surface area contributed by atoms with E-state index in [4.69, 9.17) is 0 Å². The third-order valence-corrected chi connectivity index (χ3v) is 4.18. The Hall–Kier alpha value is -1.29. The van der Waals surface area contributed by atoms with Gasteiger partial charge in [-0.05, 0) is 30.7 Å². The van der Waals surface area contributed by atoms with Crippen molar-refractivity contribution in [1.82, 2.24) is 9.97 Å². The zero-order chi connectivity index (χ0) is 11.5. The molecule has 1 aliphatic rings.